The molecule has 0 aliphatic heterocycles. The number of allylic oxidation sites excluding steroid dienone is 1. The molecule has 0 radical (unpaired) electrons. The van der Waals surface area contributed by atoms with Crippen LogP contribution in [0.2, 0.25) is 0 Å². The first-order valence-electron chi connectivity index (χ1n) is 9.55. The highest BCUT2D eigenvalue weighted by Crippen LogP contribution is 2.32. The molecule has 0 unspecified atom stereocenters. The van der Waals surface area contributed by atoms with E-state index in [9.17, 15) is 19.6 Å². The molecule has 0 fully saturated rings. The monoisotopic (exact) mass is 454 g/mol. The van der Waals surface area contributed by atoms with Crippen molar-refractivity contribution >= 4 is 28.9 Å². The summed E-state index contributed by atoms with van der Waals surface area (Å²) in [4.78, 5) is 34.5. The summed E-state index contributed by atoms with van der Waals surface area (Å²) < 4.78 is 15.5. The lowest BCUT2D eigenvalue weighted by molar-refractivity contribution is -0.138. The summed E-state index contributed by atoms with van der Waals surface area (Å²) in [5.74, 6) is -1.19. The van der Waals surface area contributed by atoms with Gasteiger partial charge in [-0.15, -0.1) is 15.1 Å². The molecule has 1 amide bonds. The number of azo groups is 1. The molecule has 0 aliphatic rings. The lowest BCUT2D eigenvalue weighted by atomic mass is 10.2. The van der Waals surface area contributed by atoms with E-state index in [1.165, 1.54) is 32.2 Å². The van der Waals surface area contributed by atoms with Crippen LogP contribution >= 0.6 is 0 Å². The standard InChI is InChI=1S/C22H22N4O7/c1-4-20(28)33-12-11-32-18-8-6-5-7-16(18)23-22(29)21(14(2)27)25-24-17-10-9-15(26-30)13-19(17)31-3/h4-10,13,27H,1,11-12H2,2-3H3,(H,23,29). The number of hydrogen-bond donors (Lipinski definition) is 2. The number of hydrogen-bond acceptors (Lipinski definition) is 10. The third kappa shape index (κ3) is 7.28. The number of methoxy groups -OCH3 is 1. The summed E-state index contributed by atoms with van der Waals surface area (Å²) in [6.07, 6.45) is 1.04. The maximum atomic E-state index is 12.7. The maximum absolute atomic E-state index is 12.7. The van der Waals surface area contributed by atoms with Crippen LogP contribution in [-0.2, 0) is 14.3 Å². The maximum Gasteiger partial charge on any atom is 0.330 e. The van der Waals surface area contributed by atoms with Crippen molar-refractivity contribution in [1.29, 1.82) is 0 Å². The number of nitroso groups, excluding NO2 is 1. The number of carbonyl (C=O) groups excluding carboxylic acids is 2. The van der Waals surface area contributed by atoms with Crippen LogP contribution in [0.25, 0.3) is 0 Å². The Morgan fingerprint density at radius 1 is 1.15 bits per heavy atom. The molecule has 0 saturated carbocycles. The number of amides is 1. The summed E-state index contributed by atoms with van der Waals surface area (Å²) in [6, 6.07) is 10.7. The minimum atomic E-state index is -0.752. The number of benzene rings is 2. The van der Waals surface area contributed by atoms with Gasteiger partial charge in [0.1, 0.15) is 41.8 Å². The minimum Gasteiger partial charge on any atom is -0.510 e. The third-order valence-corrected chi connectivity index (χ3v) is 3.97. The van der Waals surface area contributed by atoms with Gasteiger partial charge in [0.05, 0.1) is 12.8 Å². The van der Waals surface area contributed by atoms with Crippen LogP contribution in [0, 0.1) is 4.91 Å². The third-order valence-electron chi connectivity index (χ3n) is 3.97. The lowest BCUT2D eigenvalue weighted by Crippen LogP contribution is -2.16. The molecule has 0 aliphatic carbocycles. The van der Waals surface area contributed by atoms with Gasteiger partial charge in [0, 0.05) is 12.1 Å². The topological polar surface area (TPSA) is 148 Å². The van der Waals surface area contributed by atoms with Crippen LogP contribution < -0.4 is 14.8 Å². The first-order chi connectivity index (χ1) is 15.9. The number of esters is 1. The quantitative estimate of drug-likeness (QED) is 0.125. The Hall–Kier alpha value is -4.54. The van der Waals surface area contributed by atoms with Crippen LogP contribution in [0.3, 0.4) is 0 Å². The van der Waals surface area contributed by atoms with E-state index in [-0.39, 0.29) is 41.8 Å². The summed E-state index contributed by atoms with van der Waals surface area (Å²) in [6.45, 7) is 4.61. The van der Waals surface area contributed by atoms with E-state index in [2.05, 4.69) is 27.3 Å². The van der Waals surface area contributed by atoms with Gasteiger partial charge in [0.25, 0.3) is 5.91 Å². The molecular weight excluding hydrogens is 432 g/mol. The average molecular weight is 454 g/mol. The van der Waals surface area contributed by atoms with Crippen molar-refractivity contribution in [2.24, 2.45) is 15.4 Å². The SMILES string of the molecule is C=CC(=O)OCCOc1ccccc1NC(=O)C(N=Nc1ccc(N=O)cc1OC)=C(C)O. The first-order valence-corrected chi connectivity index (χ1v) is 9.55. The molecule has 0 atom stereocenters. The van der Waals surface area contributed by atoms with Crippen molar-refractivity contribution in [2.45, 2.75) is 6.92 Å². The molecule has 2 aromatic carbocycles. The zero-order valence-corrected chi connectivity index (χ0v) is 18.0. The van der Waals surface area contributed by atoms with Crippen molar-refractivity contribution < 1.29 is 28.9 Å². The average Bonchev–Trinajstić information content (AvgIpc) is 2.82. The van der Waals surface area contributed by atoms with Crippen molar-refractivity contribution in [3.63, 3.8) is 0 Å². The highest BCUT2D eigenvalue weighted by Gasteiger charge is 2.16. The summed E-state index contributed by atoms with van der Waals surface area (Å²) in [7, 11) is 1.37. The number of aliphatic hydroxyl groups excluding tert-OH is 1. The second kappa shape index (κ2) is 12.3. The van der Waals surface area contributed by atoms with Crippen LogP contribution in [0.1, 0.15) is 6.92 Å². The predicted molar refractivity (Wildman–Crippen MR) is 120 cm³/mol. The Bertz CT molecular complexity index is 1090. The van der Waals surface area contributed by atoms with E-state index >= 15 is 0 Å². The van der Waals surface area contributed by atoms with Gasteiger partial charge in [0.2, 0.25) is 0 Å². The normalized spacial score (nSPS) is 11.3. The fourth-order valence-corrected chi connectivity index (χ4v) is 2.42. The molecule has 0 heterocycles. The zero-order valence-electron chi connectivity index (χ0n) is 18.0. The van der Waals surface area contributed by atoms with Gasteiger partial charge in [0.15, 0.2) is 5.70 Å². The number of nitrogens with one attached hydrogen (secondary N) is 1. The van der Waals surface area contributed by atoms with Gasteiger partial charge < -0.3 is 24.6 Å². The summed E-state index contributed by atoms with van der Waals surface area (Å²) in [5, 5.41) is 23.1. The molecule has 33 heavy (non-hydrogen) atoms. The molecule has 0 bridgehead atoms. The van der Waals surface area contributed by atoms with Crippen LogP contribution in [-0.4, -0.2) is 37.3 Å². The Labute approximate surface area is 189 Å². The molecule has 0 spiro atoms. The number of aliphatic hydroxyl groups is 1. The second-order valence-electron chi connectivity index (χ2n) is 6.25. The predicted octanol–water partition coefficient (Wildman–Crippen LogP) is 4.71. The van der Waals surface area contributed by atoms with Gasteiger partial charge in [-0.1, -0.05) is 18.7 Å². The largest absolute Gasteiger partial charge is 0.510 e. The van der Waals surface area contributed by atoms with Crippen molar-refractivity contribution in [1.82, 2.24) is 0 Å². The molecular formula is C22H22N4O7. The Morgan fingerprint density at radius 2 is 1.91 bits per heavy atom. The van der Waals surface area contributed by atoms with Gasteiger partial charge >= 0.3 is 5.97 Å². The lowest BCUT2D eigenvalue weighted by Gasteiger charge is -2.12. The van der Waals surface area contributed by atoms with Gasteiger partial charge in [-0.25, -0.2) is 4.79 Å². The van der Waals surface area contributed by atoms with Crippen LogP contribution in [0.5, 0.6) is 11.5 Å². The van der Waals surface area contributed by atoms with E-state index in [1.54, 1.807) is 24.3 Å². The van der Waals surface area contributed by atoms with E-state index in [0.29, 0.717) is 11.4 Å². The highest BCUT2D eigenvalue weighted by atomic mass is 16.6. The number of carbonyl (C=O) groups is 2. The van der Waals surface area contributed by atoms with Crippen molar-refractivity contribution in [3.05, 3.63) is 71.5 Å². The smallest absolute Gasteiger partial charge is 0.330 e. The fraction of sp³-hybridized carbons (Fsp3) is 0.182. The van der Waals surface area contributed by atoms with E-state index in [1.807, 2.05) is 0 Å². The number of ether oxygens (including phenoxy) is 3. The molecule has 2 aromatic rings. The van der Waals surface area contributed by atoms with Crippen molar-refractivity contribution in [2.75, 3.05) is 25.6 Å². The molecule has 0 aromatic heterocycles. The van der Waals surface area contributed by atoms with E-state index in [0.717, 1.165) is 6.08 Å². The molecule has 2 N–H and O–H groups in total. The number of rotatable bonds is 11. The minimum absolute atomic E-state index is 0.0114. The van der Waals surface area contributed by atoms with Crippen LogP contribution in [0.4, 0.5) is 17.1 Å². The summed E-state index contributed by atoms with van der Waals surface area (Å²) in [5.41, 5.74) is 0.289. The molecule has 11 nitrogen and oxygen atoms in total. The fourth-order valence-electron chi connectivity index (χ4n) is 2.42. The van der Waals surface area contributed by atoms with Gasteiger partial charge in [-0.05, 0) is 36.4 Å². The number of para-hydroxylation sites is 2. The van der Waals surface area contributed by atoms with Gasteiger partial charge in [-0.3, -0.25) is 4.79 Å². The molecule has 0 saturated heterocycles. The van der Waals surface area contributed by atoms with Gasteiger partial charge in [-0.2, -0.15) is 0 Å². The van der Waals surface area contributed by atoms with E-state index < -0.39 is 11.9 Å². The molecule has 172 valence electrons. The molecule has 2 rings (SSSR count). The Kier molecular flexibility index (Phi) is 9.25. The van der Waals surface area contributed by atoms with Crippen LogP contribution in [0.15, 0.2) is 82.0 Å². The number of anilines is 1. The summed E-state index contributed by atoms with van der Waals surface area (Å²) >= 11 is 0. The molecule has 11 heteroatoms. The van der Waals surface area contributed by atoms with Crippen molar-refractivity contribution in [3.8, 4) is 11.5 Å². The highest BCUT2D eigenvalue weighted by molar-refractivity contribution is 6.04. The number of nitrogens with zero attached hydrogens (tertiary/aromatic N) is 3. The Morgan fingerprint density at radius 3 is 2.58 bits per heavy atom. The van der Waals surface area contributed by atoms with E-state index in [4.69, 9.17) is 14.2 Å². The second-order valence-corrected chi connectivity index (χ2v) is 6.25. The zero-order chi connectivity index (χ0) is 24.2. The first kappa shape index (κ1) is 24.7. The Balaban J connectivity index is 2.15.